The Hall–Kier alpha value is -0.630. The van der Waals surface area contributed by atoms with Gasteiger partial charge in [0.2, 0.25) is 0 Å². The fraction of sp³-hybridized carbons (Fsp3) is 0.667. The van der Waals surface area contributed by atoms with Crippen LogP contribution in [0.25, 0.3) is 0 Å². The van der Waals surface area contributed by atoms with Crippen LogP contribution in [0.4, 0.5) is 0 Å². The van der Waals surface area contributed by atoms with E-state index in [1.54, 1.807) is 6.92 Å². The Morgan fingerprint density at radius 2 is 2.27 bits per heavy atom. The third-order valence-corrected chi connectivity index (χ3v) is 1.27. The molecule has 0 atom stereocenters. The summed E-state index contributed by atoms with van der Waals surface area (Å²) in [5, 5.41) is 0. The summed E-state index contributed by atoms with van der Waals surface area (Å²) < 4.78 is 5.19. The van der Waals surface area contributed by atoms with Gasteiger partial charge >= 0.3 is 0 Å². The molecule has 0 aromatic heterocycles. The van der Waals surface area contributed by atoms with E-state index < -0.39 is 0 Å². The maximum atomic E-state index is 10.5. The molecule has 0 spiro atoms. The molecule has 64 valence electrons. The van der Waals surface area contributed by atoms with Gasteiger partial charge in [0.1, 0.15) is 5.78 Å². The molecule has 0 heterocycles. The van der Waals surface area contributed by atoms with E-state index in [9.17, 15) is 4.79 Å². The van der Waals surface area contributed by atoms with Gasteiger partial charge < -0.3 is 9.53 Å². The molecule has 11 heavy (non-hydrogen) atoms. The van der Waals surface area contributed by atoms with E-state index in [0.717, 1.165) is 6.42 Å². The van der Waals surface area contributed by atoms with E-state index in [4.69, 9.17) is 4.74 Å². The minimum Gasteiger partial charge on any atom is -0.377 e. The standard InChI is InChI=1S/C9H16O2/c1-3-4-7-11-8-5-6-9(2)10/h3-4H,5-8H2,1-2H3. The topological polar surface area (TPSA) is 26.3 Å². The first-order valence-corrected chi connectivity index (χ1v) is 3.95. The van der Waals surface area contributed by atoms with Crippen LogP contribution in [-0.2, 0) is 9.53 Å². The van der Waals surface area contributed by atoms with Crippen LogP contribution in [0.1, 0.15) is 26.7 Å². The van der Waals surface area contributed by atoms with Crippen molar-refractivity contribution in [2.75, 3.05) is 13.2 Å². The molecule has 0 N–H and O–H groups in total. The molecule has 0 unspecified atom stereocenters. The summed E-state index contributed by atoms with van der Waals surface area (Å²) in [6, 6.07) is 0. The van der Waals surface area contributed by atoms with Crippen LogP contribution < -0.4 is 0 Å². The number of allylic oxidation sites excluding steroid dienone is 1. The summed E-state index contributed by atoms with van der Waals surface area (Å²) in [6.07, 6.45) is 5.38. The van der Waals surface area contributed by atoms with Crippen molar-refractivity contribution in [1.29, 1.82) is 0 Å². The summed E-state index contributed by atoms with van der Waals surface area (Å²) in [5.74, 6) is 0.236. The molecule has 0 saturated carbocycles. The quantitative estimate of drug-likeness (QED) is 0.434. The Morgan fingerprint density at radius 1 is 1.55 bits per heavy atom. The zero-order chi connectivity index (χ0) is 8.53. The Balaban J connectivity index is 2.96. The van der Waals surface area contributed by atoms with Crippen LogP contribution in [-0.4, -0.2) is 19.0 Å². The number of ether oxygens (including phenoxy) is 1. The van der Waals surface area contributed by atoms with Gasteiger partial charge in [-0.05, 0) is 20.3 Å². The average Bonchev–Trinajstić information content (AvgIpc) is 1.96. The summed E-state index contributed by atoms with van der Waals surface area (Å²) in [4.78, 5) is 10.5. The molecule has 0 bridgehead atoms. The predicted octanol–water partition coefficient (Wildman–Crippen LogP) is 1.95. The largest absolute Gasteiger partial charge is 0.377 e. The van der Waals surface area contributed by atoms with Gasteiger partial charge in [0.15, 0.2) is 0 Å². The van der Waals surface area contributed by atoms with Gasteiger partial charge in [-0.25, -0.2) is 0 Å². The second-order valence-electron chi connectivity index (χ2n) is 2.45. The molecule has 0 aliphatic heterocycles. The van der Waals surface area contributed by atoms with E-state index >= 15 is 0 Å². The van der Waals surface area contributed by atoms with Gasteiger partial charge in [-0.15, -0.1) is 0 Å². The third kappa shape index (κ3) is 9.37. The normalized spacial score (nSPS) is 10.7. The number of carbonyl (C=O) groups excluding carboxylic acids is 1. The molecule has 0 aromatic rings. The minimum absolute atomic E-state index is 0.236. The summed E-state index contributed by atoms with van der Waals surface area (Å²) in [5.41, 5.74) is 0. The average molecular weight is 156 g/mol. The molecule has 0 aromatic carbocycles. The molecule has 0 aliphatic rings. The first kappa shape index (κ1) is 10.4. The smallest absolute Gasteiger partial charge is 0.129 e. The van der Waals surface area contributed by atoms with Crippen LogP contribution in [0.2, 0.25) is 0 Å². The monoisotopic (exact) mass is 156 g/mol. The third-order valence-electron chi connectivity index (χ3n) is 1.27. The first-order valence-electron chi connectivity index (χ1n) is 3.95. The Kier molecular flexibility index (Phi) is 7.05. The maximum absolute atomic E-state index is 10.5. The molecule has 0 amide bonds. The lowest BCUT2D eigenvalue weighted by molar-refractivity contribution is -0.117. The van der Waals surface area contributed by atoms with Crippen molar-refractivity contribution in [2.45, 2.75) is 26.7 Å². The van der Waals surface area contributed by atoms with Gasteiger partial charge in [0.05, 0.1) is 6.61 Å². The molecular formula is C9H16O2. The SMILES string of the molecule is CC=CCOCCCC(C)=O. The Morgan fingerprint density at radius 3 is 2.82 bits per heavy atom. The van der Waals surface area contributed by atoms with Crippen molar-refractivity contribution < 1.29 is 9.53 Å². The fourth-order valence-electron chi connectivity index (χ4n) is 0.671. The summed E-state index contributed by atoms with van der Waals surface area (Å²) in [7, 11) is 0. The highest BCUT2D eigenvalue weighted by Crippen LogP contribution is 1.91. The summed E-state index contributed by atoms with van der Waals surface area (Å²) in [6.45, 7) is 4.91. The molecule has 0 aliphatic carbocycles. The van der Waals surface area contributed by atoms with Crippen LogP contribution >= 0.6 is 0 Å². The molecule has 0 saturated heterocycles. The number of carbonyl (C=O) groups is 1. The zero-order valence-corrected chi connectivity index (χ0v) is 7.30. The second-order valence-corrected chi connectivity index (χ2v) is 2.45. The van der Waals surface area contributed by atoms with E-state index in [0.29, 0.717) is 19.6 Å². The maximum Gasteiger partial charge on any atom is 0.129 e. The molecular weight excluding hydrogens is 140 g/mol. The molecule has 0 fully saturated rings. The van der Waals surface area contributed by atoms with E-state index in [2.05, 4.69) is 0 Å². The van der Waals surface area contributed by atoms with Crippen molar-refractivity contribution in [2.24, 2.45) is 0 Å². The Bertz CT molecular complexity index is 128. The van der Waals surface area contributed by atoms with E-state index in [1.165, 1.54) is 0 Å². The minimum atomic E-state index is 0.236. The van der Waals surface area contributed by atoms with E-state index in [1.807, 2.05) is 19.1 Å². The highest BCUT2D eigenvalue weighted by atomic mass is 16.5. The van der Waals surface area contributed by atoms with Gasteiger partial charge in [0, 0.05) is 13.0 Å². The van der Waals surface area contributed by atoms with Gasteiger partial charge in [-0.3, -0.25) is 0 Å². The van der Waals surface area contributed by atoms with Crippen molar-refractivity contribution in [1.82, 2.24) is 0 Å². The first-order chi connectivity index (χ1) is 5.27. The number of rotatable bonds is 6. The zero-order valence-electron chi connectivity index (χ0n) is 7.30. The van der Waals surface area contributed by atoms with Gasteiger partial charge in [0.25, 0.3) is 0 Å². The number of Topliss-reactive ketones (excluding diaryl/α,β-unsaturated/α-hetero) is 1. The molecule has 2 nitrogen and oxygen atoms in total. The predicted molar refractivity (Wildman–Crippen MR) is 45.5 cm³/mol. The van der Waals surface area contributed by atoms with Gasteiger partial charge in [-0.1, -0.05) is 12.2 Å². The lowest BCUT2D eigenvalue weighted by Gasteiger charge is -1.97. The van der Waals surface area contributed by atoms with Crippen LogP contribution in [0.15, 0.2) is 12.2 Å². The van der Waals surface area contributed by atoms with Crippen LogP contribution in [0.5, 0.6) is 0 Å². The molecule has 0 rings (SSSR count). The van der Waals surface area contributed by atoms with Gasteiger partial charge in [-0.2, -0.15) is 0 Å². The fourth-order valence-corrected chi connectivity index (χ4v) is 0.671. The van der Waals surface area contributed by atoms with Crippen molar-refractivity contribution >= 4 is 5.78 Å². The lowest BCUT2D eigenvalue weighted by Crippen LogP contribution is -1.97. The summed E-state index contributed by atoms with van der Waals surface area (Å²) >= 11 is 0. The number of hydrogen-bond donors (Lipinski definition) is 0. The second kappa shape index (κ2) is 7.48. The number of hydrogen-bond acceptors (Lipinski definition) is 2. The van der Waals surface area contributed by atoms with Crippen LogP contribution in [0.3, 0.4) is 0 Å². The highest BCUT2D eigenvalue weighted by molar-refractivity contribution is 5.75. The number of ketones is 1. The van der Waals surface area contributed by atoms with Crippen LogP contribution in [0, 0.1) is 0 Å². The van der Waals surface area contributed by atoms with E-state index in [-0.39, 0.29) is 5.78 Å². The van der Waals surface area contributed by atoms with Crippen molar-refractivity contribution in [3.63, 3.8) is 0 Å². The van der Waals surface area contributed by atoms with Crippen molar-refractivity contribution in [3.8, 4) is 0 Å². The highest BCUT2D eigenvalue weighted by Gasteiger charge is 1.91. The lowest BCUT2D eigenvalue weighted by atomic mass is 10.2. The van der Waals surface area contributed by atoms with Crippen molar-refractivity contribution in [3.05, 3.63) is 12.2 Å². The Labute approximate surface area is 68.2 Å². The molecule has 2 heteroatoms. The molecule has 0 radical (unpaired) electrons.